The summed E-state index contributed by atoms with van der Waals surface area (Å²) in [6.45, 7) is 14.4. The Bertz CT molecular complexity index is 1250. The van der Waals surface area contributed by atoms with E-state index in [-0.39, 0.29) is 11.0 Å². The number of aromatic nitrogens is 6. The molecule has 2 N–H and O–H groups in total. The maximum Gasteiger partial charge on any atom is 0.338 e. The lowest BCUT2D eigenvalue weighted by molar-refractivity contribution is 0.0598. The molecule has 0 bridgehead atoms. The lowest BCUT2D eigenvalue weighted by Gasteiger charge is -2.37. The standard InChI is InChI=1S/C23H35N7O5SSi/c1-13-17(32-6)10-18(35-37(8,9)23(3,4)5)15(19(13)21(31)33-7)11-36-12-16(20-25-14(2)27-34-20)30-22(24)26-28-29-30/h10,16H,11-12H2,1-9H3,(H2,24,26,29). The summed E-state index contributed by atoms with van der Waals surface area (Å²) in [5.41, 5.74) is 7.81. The van der Waals surface area contributed by atoms with Gasteiger partial charge in [0, 0.05) is 28.7 Å². The van der Waals surface area contributed by atoms with Crippen LogP contribution in [0.5, 0.6) is 11.5 Å². The summed E-state index contributed by atoms with van der Waals surface area (Å²) in [6.07, 6.45) is 0. The van der Waals surface area contributed by atoms with E-state index in [1.807, 2.05) is 13.0 Å². The number of nitrogens with zero attached hydrogens (tertiary/aromatic N) is 6. The second-order valence-corrected chi connectivity index (χ2v) is 15.9. The average molecular weight is 550 g/mol. The molecule has 0 spiro atoms. The second kappa shape index (κ2) is 11.1. The third-order valence-electron chi connectivity index (χ3n) is 6.55. The molecule has 0 fully saturated rings. The number of carbonyl (C=O) groups is 1. The molecule has 0 radical (unpaired) electrons. The van der Waals surface area contributed by atoms with Crippen LogP contribution in [0, 0.1) is 13.8 Å². The van der Waals surface area contributed by atoms with E-state index in [0.29, 0.717) is 45.8 Å². The summed E-state index contributed by atoms with van der Waals surface area (Å²) in [7, 11) is 0.676. The number of benzene rings is 1. The number of anilines is 1. The monoisotopic (exact) mass is 549 g/mol. The van der Waals surface area contributed by atoms with Gasteiger partial charge in [-0.3, -0.25) is 0 Å². The van der Waals surface area contributed by atoms with Crippen LogP contribution in [0.4, 0.5) is 5.95 Å². The van der Waals surface area contributed by atoms with Gasteiger partial charge in [-0.25, -0.2) is 4.79 Å². The van der Waals surface area contributed by atoms with Gasteiger partial charge in [0.25, 0.3) is 5.89 Å². The lowest BCUT2D eigenvalue weighted by atomic mass is 10.0. The predicted octanol–water partition coefficient (Wildman–Crippen LogP) is 3.96. The van der Waals surface area contributed by atoms with E-state index in [2.05, 4.69) is 59.5 Å². The minimum Gasteiger partial charge on any atom is -0.543 e. The highest BCUT2D eigenvalue weighted by molar-refractivity contribution is 7.98. The van der Waals surface area contributed by atoms with Gasteiger partial charge in [0.15, 0.2) is 5.82 Å². The fraction of sp³-hybridized carbons (Fsp3) is 0.565. The average Bonchev–Trinajstić information content (AvgIpc) is 3.44. The molecule has 0 aliphatic rings. The first-order chi connectivity index (χ1) is 17.3. The van der Waals surface area contributed by atoms with Crippen LogP contribution in [-0.2, 0) is 10.5 Å². The molecule has 2 heterocycles. The van der Waals surface area contributed by atoms with Gasteiger partial charge < -0.3 is 24.2 Å². The maximum atomic E-state index is 13.0. The Labute approximate surface area is 221 Å². The fourth-order valence-corrected chi connectivity index (χ4v) is 5.58. The quantitative estimate of drug-likeness (QED) is 0.287. The molecular formula is C23H35N7O5SSi. The van der Waals surface area contributed by atoms with Crippen LogP contribution >= 0.6 is 11.8 Å². The molecule has 12 nitrogen and oxygen atoms in total. The molecular weight excluding hydrogens is 514 g/mol. The zero-order valence-electron chi connectivity index (χ0n) is 22.8. The topological polar surface area (TPSA) is 153 Å². The van der Waals surface area contributed by atoms with Crippen LogP contribution < -0.4 is 14.9 Å². The third-order valence-corrected chi connectivity index (χ3v) is 11.9. The predicted molar refractivity (Wildman–Crippen MR) is 142 cm³/mol. The number of nitrogens with two attached hydrogens (primary N) is 1. The molecule has 1 unspecified atom stereocenters. The number of nitrogen functional groups attached to an aromatic ring is 1. The Morgan fingerprint density at radius 3 is 2.46 bits per heavy atom. The van der Waals surface area contributed by atoms with Crippen LogP contribution in [0.1, 0.15) is 60.0 Å². The zero-order valence-corrected chi connectivity index (χ0v) is 24.6. The number of hydrogen-bond acceptors (Lipinski definition) is 12. The number of ether oxygens (including phenoxy) is 2. The van der Waals surface area contributed by atoms with Crippen molar-refractivity contribution in [1.82, 2.24) is 30.3 Å². The van der Waals surface area contributed by atoms with Crippen molar-refractivity contribution >= 4 is 32.0 Å². The molecule has 1 atom stereocenters. The van der Waals surface area contributed by atoms with Crippen LogP contribution in [0.3, 0.4) is 0 Å². The molecule has 0 amide bonds. The molecule has 14 heteroatoms. The molecule has 3 aromatic rings. The molecule has 0 aliphatic heterocycles. The van der Waals surface area contributed by atoms with Crippen molar-refractivity contribution < 1.29 is 23.2 Å². The van der Waals surface area contributed by atoms with E-state index in [4.69, 9.17) is 24.2 Å². The van der Waals surface area contributed by atoms with E-state index in [1.54, 1.807) is 14.0 Å². The van der Waals surface area contributed by atoms with Crippen molar-refractivity contribution in [3.05, 3.63) is 34.5 Å². The van der Waals surface area contributed by atoms with Gasteiger partial charge in [0.2, 0.25) is 14.3 Å². The number of carbonyl (C=O) groups excluding carboxylic acids is 1. The van der Waals surface area contributed by atoms with Gasteiger partial charge in [-0.15, -0.1) is 0 Å². The van der Waals surface area contributed by atoms with Crippen molar-refractivity contribution in [3.63, 3.8) is 0 Å². The SMILES string of the molecule is COC(=O)c1c(C)c(OC)cc(O[Si](C)(C)C(C)(C)C)c1CSCC(c1nc(C)no1)n1nnnc1N. The Hall–Kier alpha value is -3.13. The first-order valence-corrected chi connectivity index (χ1v) is 15.8. The Morgan fingerprint density at radius 1 is 1.24 bits per heavy atom. The van der Waals surface area contributed by atoms with Gasteiger partial charge in [-0.2, -0.15) is 21.4 Å². The van der Waals surface area contributed by atoms with Crippen LogP contribution in [-0.4, -0.2) is 64.6 Å². The van der Waals surface area contributed by atoms with Gasteiger partial charge >= 0.3 is 5.97 Å². The molecule has 2 aromatic heterocycles. The number of hydrogen-bond donors (Lipinski definition) is 1. The normalized spacial score (nSPS) is 12.9. The van der Waals surface area contributed by atoms with Crippen molar-refractivity contribution in [2.45, 2.75) is 64.5 Å². The fourth-order valence-electron chi connectivity index (χ4n) is 3.43. The molecule has 0 aliphatic carbocycles. The van der Waals surface area contributed by atoms with E-state index >= 15 is 0 Å². The van der Waals surface area contributed by atoms with E-state index in [1.165, 1.54) is 23.6 Å². The van der Waals surface area contributed by atoms with E-state index < -0.39 is 20.3 Å². The summed E-state index contributed by atoms with van der Waals surface area (Å²) in [6, 6.07) is 1.35. The van der Waals surface area contributed by atoms with E-state index in [9.17, 15) is 4.79 Å². The molecule has 37 heavy (non-hydrogen) atoms. The van der Waals surface area contributed by atoms with Crippen molar-refractivity contribution in [2.75, 3.05) is 25.7 Å². The highest BCUT2D eigenvalue weighted by atomic mass is 32.2. The summed E-state index contributed by atoms with van der Waals surface area (Å²) >= 11 is 1.52. The Kier molecular flexibility index (Phi) is 8.52. The van der Waals surface area contributed by atoms with Gasteiger partial charge in [0.05, 0.1) is 19.8 Å². The minimum atomic E-state index is -2.26. The van der Waals surface area contributed by atoms with Gasteiger partial charge in [-0.1, -0.05) is 31.0 Å². The minimum absolute atomic E-state index is 0.0561. The molecule has 1 aromatic carbocycles. The van der Waals surface area contributed by atoms with Gasteiger partial charge in [-0.05, 0) is 42.4 Å². The number of tetrazole rings is 1. The largest absolute Gasteiger partial charge is 0.543 e. The number of thioether (sulfide) groups is 1. The number of methoxy groups -OCH3 is 2. The number of aryl methyl sites for hydroxylation is 1. The second-order valence-electron chi connectivity index (χ2n) is 10.1. The lowest BCUT2D eigenvalue weighted by Crippen LogP contribution is -2.44. The molecule has 3 rings (SSSR count). The zero-order chi connectivity index (χ0) is 27.5. The first-order valence-electron chi connectivity index (χ1n) is 11.7. The Balaban J connectivity index is 2.02. The first kappa shape index (κ1) is 28.4. The summed E-state index contributed by atoms with van der Waals surface area (Å²) in [5, 5.41) is 15.3. The van der Waals surface area contributed by atoms with Crippen LogP contribution in [0.25, 0.3) is 0 Å². The smallest absolute Gasteiger partial charge is 0.338 e. The van der Waals surface area contributed by atoms with Crippen LogP contribution in [0.15, 0.2) is 10.6 Å². The highest BCUT2D eigenvalue weighted by Gasteiger charge is 2.40. The van der Waals surface area contributed by atoms with Crippen molar-refractivity contribution in [1.29, 1.82) is 0 Å². The number of esters is 1. The van der Waals surface area contributed by atoms with Crippen LogP contribution in [0.2, 0.25) is 18.1 Å². The molecule has 0 saturated carbocycles. The third kappa shape index (κ3) is 6.06. The van der Waals surface area contributed by atoms with Crippen molar-refractivity contribution in [3.8, 4) is 11.5 Å². The summed E-state index contributed by atoms with van der Waals surface area (Å²) in [4.78, 5) is 17.3. The summed E-state index contributed by atoms with van der Waals surface area (Å²) in [5.74, 6) is 2.51. The summed E-state index contributed by atoms with van der Waals surface area (Å²) < 4.78 is 24.3. The number of rotatable bonds is 10. The molecule has 0 saturated heterocycles. The van der Waals surface area contributed by atoms with Crippen molar-refractivity contribution in [2.24, 2.45) is 0 Å². The Morgan fingerprint density at radius 2 is 1.95 bits per heavy atom. The maximum absolute atomic E-state index is 13.0. The van der Waals surface area contributed by atoms with E-state index in [0.717, 1.165) is 5.56 Å². The highest BCUT2D eigenvalue weighted by Crippen LogP contribution is 2.42. The van der Waals surface area contributed by atoms with Gasteiger partial charge in [0.1, 0.15) is 17.5 Å². The molecule has 202 valence electrons.